The minimum absolute atomic E-state index is 0. The first kappa shape index (κ1) is 36.9. The maximum Gasteiger partial charge on any atom is 0.316 e. The summed E-state index contributed by atoms with van der Waals surface area (Å²) in [5, 5.41) is 16.3. The topological polar surface area (TPSA) is 80.4 Å². The Labute approximate surface area is 314 Å². The van der Waals surface area contributed by atoms with Crippen molar-refractivity contribution < 1.29 is 41.0 Å². The SMILES string of the molecule is C=C[C@]1(C)C[C@@H](OC(=O)CSc2nc(-c3cc[n+](Cc4ccc5ccccc5c4)cc3)cs2)[C@]2(C)[C@H](C)CC[C@]3(CCC(=O)[C@H]32)[C@@H](C)[C@@H]1O.[Br-]. The zero-order valence-corrected chi connectivity index (χ0v) is 32.5. The van der Waals surface area contributed by atoms with Gasteiger partial charge in [-0.15, -0.1) is 17.9 Å². The molecule has 0 amide bonds. The van der Waals surface area contributed by atoms with Crippen LogP contribution in [0.2, 0.25) is 0 Å². The van der Waals surface area contributed by atoms with Gasteiger partial charge in [0.15, 0.2) is 23.3 Å². The fraction of sp³-hybridized carbons (Fsp3) is 0.463. The van der Waals surface area contributed by atoms with Crippen LogP contribution in [0.3, 0.4) is 0 Å². The van der Waals surface area contributed by atoms with Crippen LogP contribution in [0.15, 0.2) is 89.4 Å². The summed E-state index contributed by atoms with van der Waals surface area (Å²) in [5.41, 5.74) is 1.70. The van der Waals surface area contributed by atoms with E-state index in [0.29, 0.717) is 12.8 Å². The molecule has 8 atom stereocenters. The molecule has 0 radical (unpaired) electrons. The van der Waals surface area contributed by atoms with Gasteiger partial charge in [-0.1, -0.05) is 81.9 Å². The number of nitrogens with zero attached hydrogens (tertiary/aromatic N) is 2. The van der Waals surface area contributed by atoms with Gasteiger partial charge < -0.3 is 26.8 Å². The van der Waals surface area contributed by atoms with E-state index in [1.807, 2.05) is 18.4 Å². The predicted octanol–water partition coefficient (Wildman–Crippen LogP) is 5.30. The summed E-state index contributed by atoms with van der Waals surface area (Å²) >= 11 is 2.91. The van der Waals surface area contributed by atoms with E-state index in [9.17, 15) is 14.7 Å². The van der Waals surface area contributed by atoms with Crippen LogP contribution in [0, 0.1) is 34.0 Å². The van der Waals surface area contributed by atoms with Crippen LogP contribution < -0.4 is 21.5 Å². The molecule has 7 rings (SSSR count). The summed E-state index contributed by atoms with van der Waals surface area (Å²) in [6, 6.07) is 19.1. The van der Waals surface area contributed by atoms with Crippen molar-refractivity contribution in [3.8, 4) is 11.3 Å². The number of hydrogen-bond donors (Lipinski definition) is 1. The van der Waals surface area contributed by atoms with E-state index in [2.05, 4.69) is 98.9 Å². The van der Waals surface area contributed by atoms with Crippen molar-refractivity contribution in [2.45, 2.75) is 82.9 Å². The van der Waals surface area contributed by atoms with Gasteiger partial charge in [0, 0.05) is 51.8 Å². The van der Waals surface area contributed by atoms with E-state index < -0.39 is 23.0 Å². The number of Topliss-reactive ketones (excluding diaryl/α,β-unsaturated/α-hetero) is 1. The lowest BCUT2D eigenvalue weighted by Gasteiger charge is -2.61. The Balaban J connectivity index is 0.00000432. The molecule has 0 unspecified atom stereocenters. The first-order chi connectivity index (χ1) is 23.5. The summed E-state index contributed by atoms with van der Waals surface area (Å²) in [5.74, 6) is -0.00122. The molecule has 264 valence electrons. The molecule has 0 saturated heterocycles. The van der Waals surface area contributed by atoms with Crippen molar-refractivity contribution in [3.63, 3.8) is 0 Å². The number of thioether (sulfide) groups is 1. The lowest BCUT2D eigenvalue weighted by atomic mass is 9.44. The molecule has 4 aromatic rings. The Hall–Kier alpha value is -2.85. The molecule has 3 aliphatic rings. The summed E-state index contributed by atoms with van der Waals surface area (Å²) in [6.07, 6.45) is 8.45. The van der Waals surface area contributed by atoms with Crippen molar-refractivity contribution in [1.82, 2.24) is 4.98 Å². The molecule has 1 N–H and O–H groups in total. The fourth-order valence-electron chi connectivity index (χ4n) is 9.55. The molecule has 3 aliphatic carbocycles. The van der Waals surface area contributed by atoms with Crippen molar-refractivity contribution in [3.05, 3.63) is 90.6 Å². The highest BCUT2D eigenvalue weighted by Crippen LogP contribution is 2.68. The van der Waals surface area contributed by atoms with Gasteiger partial charge in [-0.25, -0.2) is 9.55 Å². The average Bonchev–Trinajstić information content (AvgIpc) is 3.73. The molecule has 3 saturated carbocycles. The Kier molecular flexibility index (Phi) is 10.6. The smallest absolute Gasteiger partial charge is 0.316 e. The second-order valence-electron chi connectivity index (χ2n) is 15.3. The van der Waals surface area contributed by atoms with E-state index in [0.717, 1.165) is 41.4 Å². The standard InChI is InChI=1S/C41H47N2O4S2.BrH/c1-6-39(4)22-34(40(5)26(2)13-17-41(27(3)37(39)46)18-14-33(44)36(40)41)47-35(45)25-49-38-42-32(24-48-38)30-15-19-43(20-16-30)23-28-11-12-29-9-7-8-10-31(29)21-28;/h6-12,15-16,19-21,24,26-27,34,36-37,46H,1,13-14,17-18,22-23,25H2,2-5H3;1H/q+1;/p-1/t26-,27+,34-,36+,37+,39-,40+,41+;/m1./s1. The monoisotopic (exact) mass is 774 g/mol. The van der Waals surface area contributed by atoms with Crippen LogP contribution in [0.1, 0.15) is 65.4 Å². The Morgan fingerprint density at radius 2 is 1.86 bits per heavy atom. The Morgan fingerprint density at radius 3 is 2.60 bits per heavy atom. The number of ether oxygens (including phenoxy) is 1. The molecule has 0 aliphatic heterocycles. The molecule has 50 heavy (non-hydrogen) atoms. The zero-order chi connectivity index (χ0) is 34.6. The minimum atomic E-state index is -0.674. The van der Waals surface area contributed by atoms with Gasteiger partial charge in [0.25, 0.3) is 0 Å². The third-order valence-corrected chi connectivity index (χ3v) is 14.7. The number of carbonyl (C=O) groups is 2. The third-order valence-electron chi connectivity index (χ3n) is 12.7. The lowest BCUT2D eigenvalue weighted by Crippen LogP contribution is -3.00. The molecular formula is C41H47BrN2O4S2. The summed E-state index contributed by atoms with van der Waals surface area (Å²) in [6.45, 7) is 13.4. The highest BCUT2D eigenvalue weighted by molar-refractivity contribution is 8.01. The molecule has 2 aromatic heterocycles. The summed E-state index contributed by atoms with van der Waals surface area (Å²) < 4.78 is 9.39. The van der Waals surface area contributed by atoms with Crippen LogP contribution in [-0.4, -0.2) is 39.8 Å². The number of halogens is 1. The maximum atomic E-state index is 13.7. The van der Waals surface area contributed by atoms with Crippen molar-refractivity contribution in [1.29, 1.82) is 0 Å². The van der Waals surface area contributed by atoms with Crippen LogP contribution in [-0.2, 0) is 20.9 Å². The largest absolute Gasteiger partial charge is 1.00 e. The quantitative estimate of drug-likeness (QED) is 0.113. The molecule has 9 heteroatoms. The van der Waals surface area contributed by atoms with Crippen molar-refractivity contribution in [2.75, 3.05) is 5.75 Å². The molecule has 2 bridgehead atoms. The van der Waals surface area contributed by atoms with Gasteiger partial charge in [0.2, 0.25) is 0 Å². The molecular weight excluding hydrogens is 728 g/mol. The molecule has 3 fully saturated rings. The van der Waals surface area contributed by atoms with E-state index in [1.54, 1.807) is 0 Å². The number of fused-ring (bicyclic) bond motifs is 1. The van der Waals surface area contributed by atoms with Gasteiger partial charge in [0.05, 0.1) is 17.6 Å². The number of aliphatic hydroxyl groups excluding tert-OH is 1. The van der Waals surface area contributed by atoms with E-state index >= 15 is 0 Å². The first-order valence-electron chi connectivity index (χ1n) is 17.6. The van der Waals surface area contributed by atoms with Crippen LogP contribution in [0.4, 0.5) is 0 Å². The van der Waals surface area contributed by atoms with Crippen molar-refractivity contribution >= 4 is 45.6 Å². The average molecular weight is 776 g/mol. The van der Waals surface area contributed by atoms with Crippen molar-refractivity contribution in [2.24, 2.45) is 34.0 Å². The molecule has 6 nitrogen and oxygen atoms in total. The van der Waals surface area contributed by atoms with Gasteiger partial charge in [0.1, 0.15) is 11.9 Å². The summed E-state index contributed by atoms with van der Waals surface area (Å²) in [7, 11) is 0. The summed E-state index contributed by atoms with van der Waals surface area (Å²) in [4.78, 5) is 32.1. The number of ketones is 1. The molecule has 2 heterocycles. The number of hydrogen-bond acceptors (Lipinski definition) is 7. The zero-order valence-electron chi connectivity index (χ0n) is 29.3. The van der Waals surface area contributed by atoms with E-state index in [-0.39, 0.29) is 57.7 Å². The van der Waals surface area contributed by atoms with Gasteiger partial charge in [-0.2, -0.15) is 0 Å². The van der Waals surface area contributed by atoms with Crippen LogP contribution in [0.5, 0.6) is 0 Å². The number of carbonyl (C=O) groups excluding carboxylic acids is 2. The number of aromatic nitrogens is 2. The maximum absolute atomic E-state index is 13.7. The van der Waals surface area contributed by atoms with Crippen LogP contribution >= 0.6 is 23.1 Å². The number of esters is 1. The third kappa shape index (κ3) is 6.41. The minimum Gasteiger partial charge on any atom is -1.00 e. The second-order valence-corrected chi connectivity index (χ2v) is 17.4. The second kappa shape index (κ2) is 14.3. The van der Waals surface area contributed by atoms with Gasteiger partial charge in [-0.05, 0) is 59.8 Å². The molecule has 0 spiro atoms. The predicted molar refractivity (Wildman–Crippen MR) is 196 cm³/mol. The Bertz CT molecular complexity index is 1900. The number of benzene rings is 2. The highest BCUT2D eigenvalue weighted by Gasteiger charge is 2.68. The lowest BCUT2D eigenvalue weighted by molar-refractivity contribution is -0.688. The Morgan fingerprint density at radius 1 is 1.12 bits per heavy atom. The van der Waals surface area contributed by atoms with E-state index in [1.165, 1.54) is 39.4 Å². The normalized spacial score (nSPS) is 32.0. The number of thiazole rings is 1. The fourth-order valence-corrected chi connectivity index (χ4v) is 11.2. The highest BCUT2D eigenvalue weighted by atomic mass is 79.9. The van der Waals surface area contributed by atoms with Gasteiger partial charge in [-0.3, -0.25) is 9.59 Å². The van der Waals surface area contributed by atoms with E-state index in [4.69, 9.17) is 9.72 Å². The number of aliphatic hydroxyl groups is 1. The van der Waals surface area contributed by atoms with Gasteiger partial charge >= 0.3 is 5.97 Å². The number of rotatable bonds is 8. The van der Waals surface area contributed by atoms with Crippen LogP contribution in [0.25, 0.3) is 22.0 Å². The number of pyridine rings is 1. The molecule has 2 aromatic carbocycles. The first-order valence-corrected chi connectivity index (χ1v) is 19.4.